The first-order valence-corrected chi connectivity index (χ1v) is 10.3. The quantitative estimate of drug-likeness (QED) is 0.271. The maximum absolute atomic E-state index is 12.5. The van der Waals surface area contributed by atoms with E-state index in [1.807, 2.05) is 0 Å². The van der Waals surface area contributed by atoms with E-state index in [4.69, 9.17) is 24.7 Å². The fraction of sp³-hybridized carbons (Fsp3) is 0.500. The Bertz CT molecular complexity index is 852. The van der Waals surface area contributed by atoms with E-state index in [1.54, 1.807) is 13.8 Å². The fourth-order valence-corrected chi connectivity index (χ4v) is 2.45. The van der Waals surface area contributed by atoms with Gasteiger partial charge >= 0.3 is 23.9 Å². The molecule has 0 fully saturated rings. The van der Waals surface area contributed by atoms with Crippen LogP contribution in [0.15, 0.2) is 24.3 Å². The summed E-state index contributed by atoms with van der Waals surface area (Å²) in [5.74, 6) is -3.17. The largest absolute Gasteiger partial charge is 0.459 e. The zero-order chi connectivity index (χ0) is 25.1. The zero-order valence-electron chi connectivity index (χ0n) is 19.3. The highest BCUT2D eigenvalue weighted by Crippen LogP contribution is 2.23. The molecule has 3 unspecified atom stereocenters. The molecule has 11 heteroatoms. The summed E-state index contributed by atoms with van der Waals surface area (Å²) in [6, 6.07) is 5.01. The molecule has 0 saturated carbocycles. The Morgan fingerprint density at radius 1 is 0.939 bits per heavy atom. The highest BCUT2D eigenvalue weighted by atomic mass is 16.6. The molecule has 1 amide bonds. The molecule has 0 aromatic heterocycles. The van der Waals surface area contributed by atoms with Crippen LogP contribution in [0.25, 0.3) is 0 Å². The first-order chi connectivity index (χ1) is 15.4. The summed E-state index contributed by atoms with van der Waals surface area (Å²) >= 11 is 0. The minimum atomic E-state index is -1.37. The minimum Gasteiger partial charge on any atom is -0.459 e. The molecule has 0 aliphatic carbocycles. The number of hydrogen-bond acceptors (Lipinski definition) is 10. The number of nitrogens with two attached hydrogens (primary N) is 1. The van der Waals surface area contributed by atoms with Gasteiger partial charge in [-0.3, -0.25) is 19.2 Å². The summed E-state index contributed by atoms with van der Waals surface area (Å²) in [4.78, 5) is 58.6. The number of ether oxygens (including phenoxy) is 4. The number of nitrogens with one attached hydrogen (secondary N) is 1. The van der Waals surface area contributed by atoms with Gasteiger partial charge in [0.1, 0.15) is 25.0 Å². The summed E-state index contributed by atoms with van der Waals surface area (Å²) in [6.07, 6.45) is -2.20. The lowest BCUT2D eigenvalue weighted by molar-refractivity contribution is -0.171. The van der Waals surface area contributed by atoms with E-state index >= 15 is 0 Å². The van der Waals surface area contributed by atoms with Crippen molar-refractivity contribution in [3.63, 3.8) is 0 Å². The third kappa shape index (κ3) is 10.1. The van der Waals surface area contributed by atoms with Crippen LogP contribution >= 0.6 is 0 Å². The molecular formula is C22H30N2O9. The third-order valence-corrected chi connectivity index (χ3v) is 4.16. The van der Waals surface area contributed by atoms with Crippen LogP contribution in [0.1, 0.15) is 46.3 Å². The van der Waals surface area contributed by atoms with Crippen LogP contribution in [0.2, 0.25) is 0 Å². The number of carbonyl (C=O) groups is 5. The van der Waals surface area contributed by atoms with E-state index in [0.29, 0.717) is 5.56 Å². The van der Waals surface area contributed by atoms with E-state index in [2.05, 4.69) is 5.32 Å². The Balaban J connectivity index is 2.62. The van der Waals surface area contributed by atoms with E-state index in [0.717, 1.165) is 6.92 Å². The minimum absolute atomic E-state index is 0.0950. The molecule has 0 bridgehead atoms. The summed E-state index contributed by atoms with van der Waals surface area (Å²) in [7, 11) is 0. The van der Waals surface area contributed by atoms with Crippen molar-refractivity contribution in [1.82, 2.24) is 5.32 Å². The van der Waals surface area contributed by atoms with Crippen molar-refractivity contribution in [2.75, 3.05) is 13.2 Å². The molecule has 3 atom stereocenters. The number of benzene rings is 1. The third-order valence-electron chi connectivity index (χ3n) is 4.16. The Morgan fingerprint density at radius 2 is 1.55 bits per heavy atom. The molecule has 1 aromatic rings. The lowest BCUT2D eigenvalue weighted by Crippen LogP contribution is -2.46. The smallest absolute Gasteiger partial charge is 0.352 e. The molecule has 0 spiro atoms. The monoisotopic (exact) mass is 466 g/mol. The summed E-state index contributed by atoms with van der Waals surface area (Å²) in [5, 5.41) is 2.38. The first-order valence-electron chi connectivity index (χ1n) is 10.3. The maximum atomic E-state index is 12.5. The molecule has 0 saturated heterocycles. The lowest BCUT2D eigenvalue weighted by atomic mass is 10.1. The van der Waals surface area contributed by atoms with Gasteiger partial charge < -0.3 is 30.0 Å². The van der Waals surface area contributed by atoms with E-state index in [9.17, 15) is 24.0 Å². The van der Waals surface area contributed by atoms with Gasteiger partial charge in [0.2, 0.25) is 12.0 Å². The second-order valence-electron chi connectivity index (χ2n) is 7.57. The summed E-state index contributed by atoms with van der Waals surface area (Å²) in [6.45, 7) is 6.72. The number of hydrogen-bond donors (Lipinski definition) is 2. The predicted octanol–water partition coefficient (Wildman–Crippen LogP) is 0.791. The van der Waals surface area contributed by atoms with Crippen molar-refractivity contribution in [3.05, 3.63) is 29.8 Å². The first kappa shape index (κ1) is 27.6. The van der Waals surface area contributed by atoms with Crippen LogP contribution < -0.4 is 15.8 Å². The van der Waals surface area contributed by atoms with Crippen LogP contribution in [0, 0.1) is 5.92 Å². The van der Waals surface area contributed by atoms with Gasteiger partial charge in [0.25, 0.3) is 0 Å². The molecule has 1 aromatic carbocycles. The molecule has 1 rings (SSSR count). The number of carbonyl (C=O) groups excluding carboxylic acids is 5. The van der Waals surface area contributed by atoms with Crippen molar-refractivity contribution in [2.45, 2.75) is 52.9 Å². The van der Waals surface area contributed by atoms with Crippen molar-refractivity contribution in [2.24, 2.45) is 11.7 Å². The lowest BCUT2D eigenvalue weighted by Gasteiger charge is -2.19. The van der Waals surface area contributed by atoms with Gasteiger partial charge in [0.05, 0.1) is 6.04 Å². The van der Waals surface area contributed by atoms with Crippen LogP contribution in [0.5, 0.6) is 5.75 Å². The van der Waals surface area contributed by atoms with Crippen LogP contribution in [-0.2, 0) is 38.2 Å². The molecule has 33 heavy (non-hydrogen) atoms. The van der Waals surface area contributed by atoms with Gasteiger partial charge in [-0.05, 0) is 25.0 Å². The van der Waals surface area contributed by atoms with Gasteiger partial charge in [-0.1, -0.05) is 26.0 Å². The zero-order valence-corrected chi connectivity index (χ0v) is 19.3. The number of amides is 1. The molecule has 0 aliphatic heterocycles. The molecule has 11 nitrogen and oxygen atoms in total. The van der Waals surface area contributed by atoms with Crippen molar-refractivity contribution < 1.29 is 42.9 Å². The standard InChI is InChI=1S/C22H30N2O9/c1-12(2)19(23)21(28)24-10-18(27)31-13(3)11-30-22(29)20(33-15(5)26)16-6-8-17(9-7-16)32-14(4)25/h6-9,12-13,19-20H,10-11,23H2,1-5H3,(H,24,28). The normalized spacial score (nSPS) is 13.3. The molecule has 0 heterocycles. The number of rotatable bonds is 11. The van der Waals surface area contributed by atoms with Gasteiger partial charge in [-0.25, -0.2) is 4.79 Å². The van der Waals surface area contributed by atoms with Crippen LogP contribution in [0.4, 0.5) is 0 Å². The molecule has 182 valence electrons. The highest BCUT2D eigenvalue weighted by molar-refractivity contribution is 5.85. The number of esters is 4. The van der Waals surface area contributed by atoms with Gasteiger partial charge in [-0.15, -0.1) is 0 Å². The SMILES string of the molecule is CC(=O)Oc1ccc(C(OC(C)=O)C(=O)OCC(C)OC(=O)CNC(=O)C(N)C(C)C)cc1. The molecular weight excluding hydrogens is 436 g/mol. The van der Waals surface area contributed by atoms with Crippen molar-refractivity contribution >= 4 is 29.8 Å². The molecule has 3 N–H and O–H groups in total. The van der Waals surface area contributed by atoms with Gasteiger partial charge in [0, 0.05) is 19.4 Å². The van der Waals surface area contributed by atoms with Gasteiger partial charge in [-0.2, -0.15) is 0 Å². The Hall–Kier alpha value is -3.47. The average Bonchev–Trinajstić information content (AvgIpc) is 2.73. The predicted molar refractivity (Wildman–Crippen MR) is 115 cm³/mol. The van der Waals surface area contributed by atoms with Crippen LogP contribution in [0.3, 0.4) is 0 Å². The Kier molecular flexibility index (Phi) is 11.0. The second kappa shape index (κ2) is 13.2. The summed E-state index contributed by atoms with van der Waals surface area (Å²) in [5.41, 5.74) is 5.98. The molecule has 0 aliphatic rings. The van der Waals surface area contributed by atoms with Crippen LogP contribution in [-0.4, -0.2) is 55.1 Å². The van der Waals surface area contributed by atoms with E-state index < -0.39 is 48.0 Å². The van der Waals surface area contributed by atoms with E-state index in [1.165, 1.54) is 38.1 Å². The van der Waals surface area contributed by atoms with Gasteiger partial charge in [0.15, 0.2) is 0 Å². The van der Waals surface area contributed by atoms with Crippen molar-refractivity contribution in [1.29, 1.82) is 0 Å². The fourth-order valence-electron chi connectivity index (χ4n) is 2.45. The summed E-state index contributed by atoms with van der Waals surface area (Å²) < 4.78 is 20.2. The maximum Gasteiger partial charge on any atom is 0.352 e. The van der Waals surface area contributed by atoms with E-state index in [-0.39, 0.29) is 24.8 Å². The Morgan fingerprint density at radius 3 is 2.06 bits per heavy atom. The molecule has 0 radical (unpaired) electrons. The average molecular weight is 466 g/mol. The Labute approximate surface area is 191 Å². The second-order valence-corrected chi connectivity index (χ2v) is 7.57. The highest BCUT2D eigenvalue weighted by Gasteiger charge is 2.27. The topological polar surface area (TPSA) is 160 Å². The van der Waals surface area contributed by atoms with Crippen molar-refractivity contribution in [3.8, 4) is 5.75 Å².